The highest BCUT2D eigenvalue weighted by Crippen LogP contribution is 1.74. The summed E-state index contributed by atoms with van der Waals surface area (Å²) in [4.78, 5) is 0. The maximum absolute atomic E-state index is 5.28. The van der Waals surface area contributed by atoms with Gasteiger partial charge in [-0.1, -0.05) is 0 Å². The second kappa shape index (κ2) is 7.15. The Hall–Kier alpha value is 1.15. The van der Waals surface area contributed by atoms with Gasteiger partial charge >= 0.3 is 0 Å². The summed E-state index contributed by atoms with van der Waals surface area (Å²) in [7, 11) is -2.20. The number of hydrogen-bond acceptors (Lipinski definition) is 2. The van der Waals surface area contributed by atoms with E-state index in [0.29, 0.717) is 0 Å². The molecule has 0 saturated heterocycles. The predicted octanol–water partition coefficient (Wildman–Crippen LogP) is -1.51. The van der Waals surface area contributed by atoms with Crippen molar-refractivity contribution in [3.05, 3.63) is 0 Å². The number of rotatable bonds is 4. The summed E-state index contributed by atoms with van der Waals surface area (Å²) in [6.45, 7) is 0. The van der Waals surface area contributed by atoms with Crippen molar-refractivity contribution in [2.75, 3.05) is 0 Å². The van der Waals surface area contributed by atoms with Crippen LogP contribution in [0.2, 0.25) is 0 Å². The van der Waals surface area contributed by atoms with Crippen LogP contribution in [0.15, 0.2) is 0 Å². The molecule has 0 N–H and O–H groups in total. The third-order valence-electron chi connectivity index (χ3n) is 0.321. The van der Waals surface area contributed by atoms with Crippen LogP contribution in [0.1, 0.15) is 0 Å². The van der Waals surface area contributed by atoms with E-state index in [9.17, 15) is 0 Å². The average Bonchev–Trinajstić information content (AvgIpc) is 1.69. The maximum atomic E-state index is 5.28. The lowest BCUT2D eigenvalue weighted by Crippen LogP contribution is -2.04. The fourth-order valence-corrected chi connectivity index (χ4v) is 3.29. The van der Waals surface area contributed by atoms with Crippen LogP contribution in [0.3, 0.4) is 0 Å². The summed E-state index contributed by atoms with van der Waals surface area (Å²) in [5.74, 6) is 0. The molecular weight excluding hydrogens is 187 g/mol. The number of hydrogen-bond donors (Lipinski definition) is 0. The zero-order valence-corrected chi connectivity index (χ0v) is 9.45. The van der Waals surface area contributed by atoms with E-state index in [1.807, 2.05) is 0 Å². The van der Waals surface area contributed by atoms with E-state index in [-0.39, 0.29) is 0 Å². The van der Waals surface area contributed by atoms with Gasteiger partial charge in [-0.15, -0.1) is 22.2 Å². The van der Waals surface area contributed by atoms with Gasteiger partial charge in [0.25, 0.3) is 10.0 Å². The highest BCUT2D eigenvalue weighted by molar-refractivity contribution is 6.93. The minimum absolute atomic E-state index is 0.729. The van der Waals surface area contributed by atoms with Gasteiger partial charge in [-0.05, 0) is 0 Å². The molecule has 0 saturated carbocycles. The third-order valence-corrected chi connectivity index (χ3v) is 5.67. The molecule has 0 aliphatic rings. The molecule has 44 valence electrons. The molecule has 0 aromatic carbocycles. The molecule has 0 rings (SSSR count). The van der Waals surface area contributed by atoms with Crippen molar-refractivity contribution >= 4 is 50.3 Å². The molecule has 0 spiro atoms. The van der Waals surface area contributed by atoms with Gasteiger partial charge in [-0.2, -0.15) is 0 Å². The van der Waals surface area contributed by atoms with Crippen LogP contribution in [0.4, 0.5) is 0 Å². The van der Waals surface area contributed by atoms with Crippen LogP contribution in [0.5, 0.6) is 0 Å². The van der Waals surface area contributed by atoms with Crippen molar-refractivity contribution < 1.29 is 8.23 Å². The molecule has 0 aromatic heterocycles. The van der Waals surface area contributed by atoms with E-state index < -0.39 is 28.2 Å². The normalized spacial score (nSPS) is 14.6. The Morgan fingerprint density at radius 1 is 1.00 bits per heavy atom. The molecule has 0 fully saturated rings. The molecule has 7 heavy (non-hydrogen) atoms. The summed E-state index contributed by atoms with van der Waals surface area (Å²) >= 11 is 10.6. The number of halogens is 2. The fourth-order valence-electron chi connectivity index (χ4n) is 0.122. The van der Waals surface area contributed by atoms with E-state index in [1.54, 1.807) is 0 Å². The van der Waals surface area contributed by atoms with Gasteiger partial charge in [0.15, 0.2) is 0 Å². The molecular formula is H6Cl2O2Si3. The van der Waals surface area contributed by atoms with Crippen LogP contribution in [0.25, 0.3) is 0 Å². The Labute approximate surface area is 58.8 Å². The van der Waals surface area contributed by atoms with Crippen molar-refractivity contribution in [1.29, 1.82) is 0 Å². The lowest BCUT2D eigenvalue weighted by atomic mass is 15.8. The van der Waals surface area contributed by atoms with Gasteiger partial charge in [0.1, 0.15) is 0 Å². The molecule has 7 heteroatoms. The Balaban J connectivity index is 2.45. The molecule has 0 aliphatic heterocycles. The monoisotopic (exact) mass is 192 g/mol. The first-order valence-corrected chi connectivity index (χ1v) is 8.27. The minimum atomic E-state index is -0.734. The molecule has 0 heterocycles. The largest absolute Gasteiger partial charge is 0.434 e. The van der Waals surface area contributed by atoms with Gasteiger partial charge in [0, 0.05) is 0 Å². The SMILES string of the molecule is Cl[SiH2]O[SiH2]O[SiH2]Cl. The Morgan fingerprint density at radius 3 is 1.71 bits per heavy atom. The summed E-state index contributed by atoms with van der Waals surface area (Å²) in [6.07, 6.45) is 0. The predicted molar refractivity (Wildman–Crippen MR) is 39.5 cm³/mol. The summed E-state index contributed by atoms with van der Waals surface area (Å²) < 4.78 is 9.69. The van der Waals surface area contributed by atoms with E-state index in [0.717, 1.165) is 0 Å². The lowest BCUT2D eigenvalue weighted by molar-refractivity contribution is 0.507. The molecule has 0 atom stereocenters. The van der Waals surface area contributed by atoms with Crippen molar-refractivity contribution in [3.8, 4) is 0 Å². The van der Waals surface area contributed by atoms with Crippen LogP contribution >= 0.6 is 22.2 Å². The lowest BCUT2D eigenvalue weighted by Gasteiger charge is -1.94. The molecule has 0 radical (unpaired) electrons. The first kappa shape index (κ1) is 8.15. The molecule has 2 nitrogen and oxygen atoms in total. The summed E-state index contributed by atoms with van der Waals surface area (Å²) in [5, 5.41) is 0. The van der Waals surface area contributed by atoms with Crippen LogP contribution in [-0.4, -0.2) is 28.2 Å². The first-order valence-electron chi connectivity index (χ1n) is 1.69. The van der Waals surface area contributed by atoms with E-state index in [1.165, 1.54) is 0 Å². The third kappa shape index (κ3) is 7.15. The van der Waals surface area contributed by atoms with Gasteiger partial charge < -0.3 is 8.23 Å². The fraction of sp³-hybridized carbons (Fsp3) is 0. The first-order chi connectivity index (χ1) is 3.41. The topological polar surface area (TPSA) is 18.5 Å². The smallest absolute Gasteiger partial charge is 0.284 e. The molecule has 0 amide bonds. The molecule has 0 unspecified atom stereocenters. The molecule has 0 aliphatic carbocycles. The van der Waals surface area contributed by atoms with E-state index >= 15 is 0 Å². The molecule has 0 aromatic rings. The summed E-state index contributed by atoms with van der Waals surface area (Å²) in [5.41, 5.74) is 0. The zero-order chi connectivity index (χ0) is 5.54. The highest BCUT2D eigenvalue weighted by atomic mass is 35.6. The maximum Gasteiger partial charge on any atom is 0.284 e. The van der Waals surface area contributed by atoms with Crippen molar-refractivity contribution in [3.63, 3.8) is 0 Å². The second-order valence-corrected chi connectivity index (χ2v) is 5.99. The average molecular weight is 193 g/mol. The quantitative estimate of drug-likeness (QED) is 0.307. The standard InChI is InChI=1S/Cl2H6O2Si3/c1-5-3-7-4-6-2/h5-7H2. The van der Waals surface area contributed by atoms with Gasteiger partial charge in [-0.3, -0.25) is 0 Å². The van der Waals surface area contributed by atoms with E-state index in [2.05, 4.69) is 0 Å². The van der Waals surface area contributed by atoms with Crippen molar-refractivity contribution in [2.24, 2.45) is 0 Å². The highest BCUT2D eigenvalue weighted by Gasteiger charge is 1.82. The van der Waals surface area contributed by atoms with Crippen molar-refractivity contribution in [1.82, 2.24) is 0 Å². The van der Waals surface area contributed by atoms with Crippen LogP contribution < -0.4 is 0 Å². The Morgan fingerprint density at radius 2 is 1.43 bits per heavy atom. The Bertz CT molecular complexity index is 30.1. The van der Waals surface area contributed by atoms with Crippen LogP contribution in [-0.2, 0) is 8.23 Å². The van der Waals surface area contributed by atoms with Gasteiger partial charge in [-0.25, -0.2) is 0 Å². The van der Waals surface area contributed by atoms with Gasteiger partial charge in [0.2, 0.25) is 18.1 Å². The zero-order valence-electron chi connectivity index (χ0n) is 3.69. The minimum Gasteiger partial charge on any atom is -0.434 e. The molecule has 0 bridgehead atoms. The van der Waals surface area contributed by atoms with Crippen molar-refractivity contribution in [2.45, 2.75) is 0 Å². The van der Waals surface area contributed by atoms with Gasteiger partial charge in [0.05, 0.1) is 0 Å². The second-order valence-electron chi connectivity index (χ2n) is 0.744. The van der Waals surface area contributed by atoms with E-state index in [4.69, 9.17) is 30.4 Å². The summed E-state index contributed by atoms with van der Waals surface area (Å²) in [6, 6.07) is 0. The van der Waals surface area contributed by atoms with Crippen LogP contribution in [0, 0.1) is 0 Å². The Kier molecular flexibility index (Phi) is 8.33.